The van der Waals surface area contributed by atoms with Gasteiger partial charge in [0, 0.05) is 25.6 Å². The normalized spacial score (nSPS) is 13.3. The third-order valence-electron chi connectivity index (χ3n) is 1.95. The van der Waals surface area contributed by atoms with Crippen molar-refractivity contribution >= 4 is 11.6 Å². The van der Waals surface area contributed by atoms with Gasteiger partial charge in [0.15, 0.2) is 0 Å². The third kappa shape index (κ3) is 2.19. The molecule has 0 amide bonds. The summed E-state index contributed by atoms with van der Waals surface area (Å²) in [4.78, 5) is 0. The maximum Gasteiger partial charge on any atom is 0.130 e. The highest BCUT2D eigenvalue weighted by atomic mass is 35.5. The second-order valence-electron chi connectivity index (χ2n) is 3.02. The summed E-state index contributed by atoms with van der Waals surface area (Å²) in [5.74, 6) is 0. The predicted molar refractivity (Wildman–Crippen MR) is 50.6 cm³/mol. The fraction of sp³-hybridized carbons (Fsp3) is 0.625. The second kappa shape index (κ2) is 4.07. The van der Waals surface area contributed by atoms with Crippen LogP contribution < -0.4 is 5.73 Å². The zero-order valence-electron chi connectivity index (χ0n) is 7.72. The predicted octanol–water partition coefficient (Wildman–Crippen LogP) is 1.22. The number of hydrogen-bond acceptors (Lipinski definition) is 2. The number of hydrogen-bond donors (Lipinski definition) is 1. The van der Waals surface area contributed by atoms with E-state index in [1.807, 2.05) is 6.92 Å². The topological polar surface area (TPSA) is 43.8 Å². The van der Waals surface area contributed by atoms with Crippen molar-refractivity contribution in [2.45, 2.75) is 19.5 Å². The van der Waals surface area contributed by atoms with Gasteiger partial charge in [-0.2, -0.15) is 5.10 Å². The van der Waals surface area contributed by atoms with Gasteiger partial charge in [-0.3, -0.25) is 4.68 Å². The van der Waals surface area contributed by atoms with Crippen molar-refractivity contribution in [3.05, 3.63) is 16.4 Å². The average Bonchev–Trinajstić information content (AvgIpc) is 2.32. The van der Waals surface area contributed by atoms with E-state index in [1.54, 1.807) is 7.05 Å². The molecular formula is C8H13ClFN3. The molecule has 0 fully saturated rings. The maximum absolute atomic E-state index is 13.0. The van der Waals surface area contributed by atoms with E-state index in [2.05, 4.69) is 5.10 Å². The minimum Gasteiger partial charge on any atom is -0.328 e. The summed E-state index contributed by atoms with van der Waals surface area (Å²) in [7, 11) is 1.73. The van der Waals surface area contributed by atoms with E-state index in [0.29, 0.717) is 5.15 Å². The molecule has 1 unspecified atom stereocenters. The van der Waals surface area contributed by atoms with Crippen LogP contribution in [0.3, 0.4) is 0 Å². The van der Waals surface area contributed by atoms with Crippen molar-refractivity contribution < 1.29 is 4.39 Å². The molecule has 1 aromatic rings. The molecule has 0 saturated heterocycles. The summed E-state index contributed by atoms with van der Waals surface area (Å²) < 4.78 is 14.5. The van der Waals surface area contributed by atoms with Gasteiger partial charge in [0.25, 0.3) is 0 Å². The molecule has 0 spiro atoms. The van der Waals surface area contributed by atoms with Gasteiger partial charge in [0.05, 0.1) is 5.69 Å². The van der Waals surface area contributed by atoms with Crippen LogP contribution in [0.1, 0.15) is 11.3 Å². The number of nitrogens with two attached hydrogens (primary N) is 1. The Morgan fingerprint density at radius 2 is 2.31 bits per heavy atom. The minimum atomic E-state index is -1.04. The van der Waals surface area contributed by atoms with Crippen LogP contribution in [0.15, 0.2) is 0 Å². The van der Waals surface area contributed by atoms with Crippen molar-refractivity contribution in [1.82, 2.24) is 9.78 Å². The Morgan fingerprint density at radius 1 is 1.69 bits per heavy atom. The summed E-state index contributed by atoms with van der Waals surface area (Å²) in [6.07, 6.45) is -0.796. The SMILES string of the molecule is Cc1nn(C)c(Cl)c1CC(F)CN. The van der Waals surface area contributed by atoms with Gasteiger partial charge < -0.3 is 5.73 Å². The Bertz CT molecular complexity index is 298. The van der Waals surface area contributed by atoms with Crippen LogP contribution in [0.25, 0.3) is 0 Å². The molecular weight excluding hydrogens is 193 g/mol. The van der Waals surface area contributed by atoms with Crippen molar-refractivity contribution in [2.24, 2.45) is 12.8 Å². The summed E-state index contributed by atoms with van der Waals surface area (Å²) >= 11 is 5.91. The largest absolute Gasteiger partial charge is 0.328 e. The summed E-state index contributed by atoms with van der Waals surface area (Å²) in [5.41, 5.74) is 6.70. The highest BCUT2D eigenvalue weighted by Gasteiger charge is 2.15. The summed E-state index contributed by atoms with van der Waals surface area (Å²) in [6.45, 7) is 1.83. The van der Waals surface area contributed by atoms with Gasteiger partial charge in [0.1, 0.15) is 11.3 Å². The standard InChI is InChI=1S/C8H13ClFN3/c1-5-7(3-6(10)4-11)8(9)13(2)12-5/h6H,3-4,11H2,1-2H3. The van der Waals surface area contributed by atoms with E-state index >= 15 is 0 Å². The van der Waals surface area contributed by atoms with Gasteiger partial charge in [-0.05, 0) is 6.92 Å². The van der Waals surface area contributed by atoms with E-state index in [1.165, 1.54) is 4.68 Å². The number of aromatic nitrogens is 2. The Hall–Kier alpha value is -0.610. The van der Waals surface area contributed by atoms with Gasteiger partial charge in [-0.25, -0.2) is 4.39 Å². The van der Waals surface area contributed by atoms with Gasteiger partial charge in [0.2, 0.25) is 0 Å². The Morgan fingerprint density at radius 3 is 2.69 bits per heavy atom. The van der Waals surface area contributed by atoms with Crippen molar-refractivity contribution in [2.75, 3.05) is 6.54 Å². The molecule has 13 heavy (non-hydrogen) atoms. The molecule has 5 heteroatoms. The van der Waals surface area contributed by atoms with Crippen LogP contribution in [-0.2, 0) is 13.5 Å². The van der Waals surface area contributed by atoms with Crippen LogP contribution in [0.2, 0.25) is 5.15 Å². The molecule has 1 aromatic heterocycles. The molecule has 1 rings (SSSR count). The number of aryl methyl sites for hydroxylation is 2. The number of rotatable bonds is 3. The lowest BCUT2D eigenvalue weighted by molar-refractivity contribution is 0.340. The maximum atomic E-state index is 13.0. The first kappa shape index (κ1) is 10.5. The lowest BCUT2D eigenvalue weighted by atomic mass is 10.1. The lowest BCUT2D eigenvalue weighted by Gasteiger charge is -2.03. The monoisotopic (exact) mass is 205 g/mol. The minimum absolute atomic E-state index is 0.0185. The van der Waals surface area contributed by atoms with Crippen molar-refractivity contribution in [1.29, 1.82) is 0 Å². The number of nitrogens with zero attached hydrogens (tertiary/aromatic N) is 2. The molecule has 0 radical (unpaired) electrons. The molecule has 1 heterocycles. The smallest absolute Gasteiger partial charge is 0.130 e. The highest BCUT2D eigenvalue weighted by molar-refractivity contribution is 6.30. The highest BCUT2D eigenvalue weighted by Crippen LogP contribution is 2.20. The fourth-order valence-electron chi connectivity index (χ4n) is 1.21. The number of alkyl halides is 1. The Balaban J connectivity index is 2.87. The Labute approximate surface area is 81.7 Å². The lowest BCUT2D eigenvalue weighted by Crippen LogP contribution is -2.17. The average molecular weight is 206 g/mol. The van der Waals surface area contributed by atoms with E-state index in [4.69, 9.17) is 17.3 Å². The zero-order valence-corrected chi connectivity index (χ0v) is 8.48. The molecule has 2 N–H and O–H groups in total. The van der Waals surface area contributed by atoms with E-state index in [-0.39, 0.29) is 13.0 Å². The molecule has 1 atom stereocenters. The van der Waals surface area contributed by atoms with Crippen LogP contribution in [0, 0.1) is 6.92 Å². The summed E-state index contributed by atoms with van der Waals surface area (Å²) in [5, 5.41) is 4.57. The molecule has 0 aliphatic heterocycles. The molecule has 0 bridgehead atoms. The second-order valence-corrected chi connectivity index (χ2v) is 3.37. The van der Waals surface area contributed by atoms with E-state index in [0.717, 1.165) is 11.3 Å². The van der Waals surface area contributed by atoms with E-state index < -0.39 is 6.17 Å². The van der Waals surface area contributed by atoms with Crippen LogP contribution >= 0.6 is 11.6 Å². The summed E-state index contributed by atoms with van der Waals surface area (Å²) in [6, 6.07) is 0. The van der Waals surface area contributed by atoms with Gasteiger partial charge in [-0.1, -0.05) is 11.6 Å². The van der Waals surface area contributed by atoms with Crippen LogP contribution in [0.4, 0.5) is 4.39 Å². The first-order chi connectivity index (χ1) is 6.06. The number of halogens is 2. The zero-order chi connectivity index (χ0) is 10.0. The molecule has 0 aromatic carbocycles. The van der Waals surface area contributed by atoms with Gasteiger partial charge in [-0.15, -0.1) is 0 Å². The Kier molecular flexibility index (Phi) is 3.27. The molecule has 0 aliphatic carbocycles. The first-order valence-corrected chi connectivity index (χ1v) is 4.46. The molecule has 0 aliphatic rings. The fourth-order valence-corrected chi connectivity index (χ4v) is 1.46. The first-order valence-electron chi connectivity index (χ1n) is 4.08. The van der Waals surface area contributed by atoms with Crippen molar-refractivity contribution in [3.8, 4) is 0 Å². The van der Waals surface area contributed by atoms with Gasteiger partial charge >= 0.3 is 0 Å². The molecule has 74 valence electrons. The van der Waals surface area contributed by atoms with E-state index in [9.17, 15) is 4.39 Å². The molecule has 0 saturated carbocycles. The quantitative estimate of drug-likeness (QED) is 0.807. The van der Waals surface area contributed by atoms with Crippen LogP contribution in [0.5, 0.6) is 0 Å². The van der Waals surface area contributed by atoms with Crippen molar-refractivity contribution in [3.63, 3.8) is 0 Å². The third-order valence-corrected chi connectivity index (χ3v) is 2.42. The van der Waals surface area contributed by atoms with Crippen LogP contribution in [-0.4, -0.2) is 22.5 Å². The molecule has 3 nitrogen and oxygen atoms in total.